The van der Waals surface area contributed by atoms with E-state index in [2.05, 4.69) is 56.8 Å². The summed E-state index contributed by atoms with van der Waals surface area (Å²) in [5, 5.41) is 0.195. The summed E-state index contributed by atoms with van der Waals surface area (Å²) in [5.41, 5.74) is 2.55. The van der Waals surface area contributed by atoms with Crippen molar-refractivity contribution in [1.82, 2.24) is 4.57 Å². The fourth-order valence-corrected chi connectivity index (χ4v) is 4.53. The zero-order valence-electron chi connectivity index (χ0n) is 14.3. The molecule has 2 atom stereocenters. The molecule has 1 aliphatic carbocycles. The van der Waals surface area contributed by atoms with Crippen LogP contribution >= 0.6 is 0 Å². The first-order valence-electron chi connectivity index (χ1n) is 8.23. The van der Waals surface area contributed by atoms with Crippen LogP contribution in [0, 0.1) is 5.92 Å². The molecule has 0 bridgehead atoms. The number of aromatic nitrogens is 1. The first-order chi connectivity index (χ1) is 10.2. The number of hydrogen-bond donors (Lipinski definition) is 0. The number of allylic oxidation sites excluding steroid dienone is 2. The molecule has 0 saturated carbocycles. The minimum atomic E-state index is -1.84. The van der Waals surface area contributed by atoms with Gasteiger partial charge in [-0.05, 0) is 54.3 Å². The summed E-state index contributed by atoms with van der Waals surface area (Å²) < 4.78 is 9.00. The van der Waals surface area contributed by atoms with Gasteiger partial charge in [-0.2, -0.15) is 0 Å². The van der Waals surface area contributed by atoms with Crippen LogP contribution in [0.25, 0.3) is 0 Å². The first-order valence-corrected chi connectivity index (χ1v) is 11.1. The van der Waals surface area contributed by atoms with Crippen molar-refractivity contribution in [3.63, 3.8) is 0 Å². The molecule has 22 heavy (non-hydrogen) atoms. The average molecular weight is 318 g/mol. The molecule has 1 aliphatic heterocycles. The summed E-state index contributed by atoms with van der Waals surface area (Å²) in [6, 6.07) is 4.27. The van der Waals surface area contributed by atoms with E-state index in [0.717, 1.165) is 13.0 Å². The molecule has 2 aliphatic rings. The van der Waals surface area contributed by atoms with E-state index in [1.165, 1.54) is 11.3 Å². The Hall–Kier alpha value is -1.13. The molecule has 120 valence electrons. The van der Waals surface area contributed by atoms with Crippen molar-refractivity contribution in [2.24, 2.45) is 5.92 Å². The van der Waals surface area contributed by atoms with E-state index in [9.17, 15) is 4.79 Å². The molecule has 4 heteroatoms. The van der Waals surface area contributed by atoms with Crippen molar-refractivity contribution in [1.29, 1.82) is 0 Å². The number of fused-ring (bicyclic) bond motifs is 2. The average Bonchev–Trinajstić information content (AvgIpc) is 2.92. The Morgan fingerprint density at radius 1 is 1.32 bits per heavy atom. The highest BCUT2D eigenvalue weighted by Gasteiger charge is 2.42. The quantitative estimate of drug-likeness (QED) is 0.754. The van der Waals surface area contributed by atoms with Gasteiger partial charge in [0.05, 0.1) is 6.10 Å². The van der Waals surface area contributed by atoms with E-state index < -0.39 is 8.32 Å². The van der Waals surface area contributed by atoms with Crippen molar-refractivity contribution in [3.8, 4) is 0 Å². The van der Waals surface area contributed by atoms with E-state index in [0.29, 0.717) is 12.3 Å². The third-order valence-corrected chi connectivity index (χ3v) is 10.1. The number of nitrogens with zero attached hydrogens (tertiary/aromatic N) is 1. The van der Waals surface area contributed by atoms with Gasteiger partial charge in [0.15, 0.2) is 14.1 Å². The number of ketones is 1. The summed E-state index contributed by atoms with van der Waals surface area (Å²) >= 11 is 0. The fraction of sp³-hybridized carbons (Fsp3) is 0.611. The summed E-state index contributed by atoms with van der Waals surface area (Å²) in [6.07, 6.45) is 5.69. The Morgan fingerprint density at radius 3 is 2.73 bits per heavy atom. The van der Waals surface area contributed by atoms with Gasteiger partial charge < -0.3 is 8.99 Å². The molecule has 0 spiro atoms. The SMILES string of the molecule is CC(C)(C)[Si](C)(C)O[C@H]1C[C@@H]2CC(=O)C=C2Cn2cccc21. The van der Waals surface area contributed by atoms with Crippen LogP contribution in [0.15, 0.2) is 30.0 Å². The highest BCUT2D eigenvalue weighted by atomic mass is 28.4. The molecule has 0 aromatic carbocycles. The Morgan fingerprint density at radius 2 is 2.05 bits per heavy atom. The lowest BCUT2D eigenvalue weighted by atomic mass is 9.95. The van der Waals surface area contributed by atoms with Crippen molar-refractivity contribution in [3.05, 3.63) is 35.7 Å². The number of hydrogen-bond acceptors (Lipinski definition) is 2. The number of carbonyl (C=O) groups is 1. The van der Waals surface area contributed by atoms with Gasteiger partial charge in [0.2, 0.25) is 0 Å². The van der Waals surface area contributed by atoms with Gasteiger partial charge in [-0.15, -0.1) is 0 Å². The molecule has 0 N–H and O–H groups in total. The van der Waals surface area contributed by atoms with Gasteiger partial charge >= 0.3 is 0 Å². The third-order valence-electron chi connectivity index (χ3n) is 5.61. The maximum atomic E-state index is 11.8. The minimum absolute atomic E-state index is 0.109. The molecule has 0 radical (unpaired) electrons. The summed E-state index contributed by atoms with van der Waals surface area (Å²) in [7, 11) is -1.84. The van der Waals surface area contributed by atoms with E-state index in [1.54, 1.807) is 0 Å². The molecule has 3 nitrogen and oxygen atoms in total. The zero-order valence-corrected chi connectivity index (χ0v) is 15.3. The van der Waals surface area contributed by atoms with E-state index in [4.69, 9.17) is 4.43 Å². The van der Waals surface area contributed by atoms with Gasteiger partial charge in [-0.3, -0.25) is 4.79 Å². The summed E-state index contributed by atoms with van der Waals surface area (Å²) in [4.78, 5) is 11.8. The van der Waals surface area contributed by atoms with Crippen LogP contribution in [0.2, 0.25) is 18.1 Å². The molecule has 0 fully saturated rings. The lowest BCUT2D eigenvalue weighted by Gasteiger charge is -2.39. The summed E-state index contributed by atoms with van der Waals surface area (Å²) in [6.45, 7) is 12.3. The first kappa shape index (κ1) is 15.8. The highest BCUT2D eigenvalue weighted by molar-refractivity contribution is 6.74. The minimum Gasteiger partial charge on any atom is -0.408 e. The maximum absolute atomic E-state index is 11.8. The Labute approximate surface area is 134 Å². The van der Waals surface area contributed by atoms with E-state index >= 15 is 0 Å². The summed E-state index contributed by atoms with van der Waals surface area (Å²) in [5.74, 6) is 0.642. The van der Waals surface area contributed by atoms with Crippen molar-refractivity contribution in [2.45, 2.75) is 64.4 Å². The van der Waals surface area contributed by atoms with Gasteiger partial charge in [0.1, 0.15) is 0 Å². The van der Waals surface area contributed by atoms with Crippen molar-refractivity contribution in [2.75, 3.05) is 0 Å². The Balaban J connectivity index is 1.92. The monoisotopic (exact) mass is 317 g/mol. The van der Waals surface area contributed by atoms with Gasteiger partial charge in [0, 0.05) is 24.9 Å². The standard InChI is InChI=1S/C18H27NO2Si/c1-18(2,3)22(4,5)21-17-11-13-9-15(20)10-14(13)12-19-8-6-7-16(17)19/h6-8,10,13,17H,9,11-12H2,1-5H3/t13-,17-/m0/s1. The highest BCUT2D eigenvalue weighted by Crippen LogP contribution is 2.44. The van der Waals surface area contributed by atoms with Crippen LogP contribution in [0.5, 0.6) is 0 Å². The van der Waals surface area contributed by atoms with E-state index in [-0.39, 0.29) is 16.9 Å². The largest absolute Gasteiger partial charge is 0.408 e. The fourth-order valence-electron chi connectivity index (χ4n) is 3.25. The lowest BCUT2D eigenvalue weighted by Crippen LogP contribution is -2.42. The van der Waals surface area contributed by atoms with Crippen LogP contribution in [0.4, 0.5) is 0 Å². The zero-order chi connectivity index (χ0) is 16.1. The van der Waals surface area contributed by atoms with Gasteiger partial charge in [0.25, 0.3) is 0 Å². The molecule has 0 unspecified atom stereocenters. The maximum Gasteiger partial charge on any atom is 0.192 e. The second-order valence-corrected chi connectivity index (χ2v) is 13.0. The van der Waals surface area contributed by atoms with Crippen LogP contribution in [-0.2, 0) is 15.8 Å². The topological polar surface area (TPSA) is 31.2 Å². The molecule has 1 aromatic rings. The molecule has 0 amide bonds. The normalized spacial score (nSPS) is 25.5. The predicted octanol–water partition coefficient (Wildman–Crippen LogP) is 4.47. The van der Waals surface area contributed by atoms with E-state index in [1.807, 2.05) is 6.08 Å². The molecule has 3 rings (SSSR count). The van der Waals surface area contributed by atoms with Crippen LogP contribution in [0.3, 0.4) is 0 Å². The van der Waals surface area contributed by atoms with Gasteiger partial charge in [-0.1, -0.05) is 20.8 Å². The van der Waals surface area contributed by atoms with Crippen molar-refractivity contribution >= 4 is 14.1 Å². The molecular formula is C18H27NO2Si. The molecule has 0 saturated heterocycles. The molecule has 1 aromatic heterocycles. The molecular weight excluding hydrogens is 290 g/mol. The Kier molecular flexibility index (Phi) is 3.73. The van der Waals surface area contributed by atoms with Crippen LogP contribution < -0.4 is 0 Å². The van der Waals surface area contributed by atoms with Gasteiger partial charge in [-0.25, -0.2) is 0 Å². The Bertz CT molecular complexity index is 621. The predicted molar refractivity (Wildman–Crippen MR) is 91.3 cm³/mol. The lowest BCUT2D eigenvalue weighted by molar-refractivity contribution is -0.114. The second-order valence-electron chi connectivity index (χ2n) is 8.25. The number of rotatable bonds is 2. The number of carbonyl (C=O) groups excluding carboxylic acids is 1. The van der Waals surface area contributed by atoms with Crippen LogP contribution in [-0.4, -0.2) is 18.7 Å². The molecule has 2 heterocycles. The third kappa shape index (κ3) is 2.74. The van der Waals surface area contributed by atoms with Crippen molar-refractivity contribution < 1.29 is 9.22 Å². The smallest absolute Gasteiger partial charge is 0.192 e. The van der Waals surface area contributed by atoms with Crippen LogP contribution in [0.1, 0.15) is 45.4 Å². The second kappa shape index (κ2) is 5.20.